The molecule has 15 heavy (non-hydrogen) atoms. The van der Waals surface area contributed by atoms with E-state index in [-0.39, 0.29) is 30.0 Å². The van der Waals surface area contributed by atoms with Crippen LogP contribution in [0.2, 0.25) is 0 Å². The molecular weight excluding hydrogens is 200 g/mol. The summed E-state index contributed by atoms with van der Waals surface area (Å²) in [4.78, 5) is 9.88. The maximum atomic E-state index is 10.5. The van der Waals surface area contributed by atoms with Crippen LogP contribution in [0, 0.1) is 10.1 Å². The summed E-state index contributed by atoms with van der Waals surface area (Å²) in [5.74, 6) is -0.165. The van der Waals surface area contributed by atoms with Crippen LogP contribution in [-0.4, -0.2) is 21.7 Å². The lowest BCUT2D eigenvalue weighted by Crippen LogP contribution is -2.07. The van der Waals surface area contributed by atoms with Crippen LogP contribution in [0.4, 0.5) is 5.69 Å². The number of rotatable bonds is 4. The van der Waals surface area contributed by atoms with Crippen molar-refractivity contribution in [3.05, 3.63) is 33.9 Å². The minimum Gasteiger partial charge on any atom is -0.508 e. The lowest BCUT2D eigenvalue weighted by molar-refractivity contribution is -0.385. The Bertz CT molecular complexity index is 367. The number of aromatic hydroxyl groups is 1. The second-order valence-corrected chi connectivity index (χ2v) is 3.09. The second-order valence-electron chi connectivity index (χ2n) is 3.09. The Hall–Kier alpha value is -1.66. The summed E-state index contributed by atoms with van der Waals surface area (Å²) < 4.78 is 0. The van der Waals surface area contributed by atoms with Crippen LogP contribution in [0.1, 0.15) is 18.1 Å². The second kappa shape index (κ2) is 4.72. The number of non-ortho nitro benzene ring substituents is 1. The van der Waals surface area contributed by atoms with E-state index >= 15 is 0 Å². The summed E-state index contributed by atoms with van der Waals surface area (Å²) in [7, 11) is 0. The van der Waals surface area contributed by atoms with Gasteiger partial charge in [0.25, 0.3) is 5.69 Å². The summed E-state index contributed by atoms with van der Waals surface area (Å²) in [6.45, 7) is 0.239. The molecule has 1 atom stereocenters. The van der Waals surface area contributed by atoms with Gasteiger partial charge in [-0.2, -0.15) is 0 Å². The summed E-state index contributed by atoms with van der Waals surface area (Å²) in [6.07, 6.45) is -0.732. The largest absolute Gasteiger partial charge is 0.508 e. The quantitative estimate of drug-likeness (QED) is 0.502. The number of aliphatic hydroxyl groups excluding tert-OH is 1. The molecule has 6 heteroatoms. The third kappa shape index (κ3) is 2.64. The summed E-state index contributed by atoms with van der Waals surface area (Å²) in [6, 6.07) is 3.51. The molecule has 82 valence electrons. The van der Waals surface area contributed by atoms with E-state index in [1.165, 1.54) is 12.1 Å². The summed E-state index contributed by atoms with van der Waals surface area (Å²) in [5, 5.41) is 29.4. The van der Waals surface area contributed by atoms with Gasteiger partial charge in [-0.3, -0.25) is 10.1 Å². The molecular formula is C9H12N2O4. The first-order valence-corrected chi connectivity index (χ1v) is 4.41. The van der Waals surface area contributed by atoms with Crippen molar-refractivity contribution in [3.8, 4) is 5.75 Å². The van der Waals surface area contributed by atoms with Crippen molar-refractivity contribution in [2.24, 2.45) is 5.73 Å². The zero-order chi connectivity index (χ0) is 11.4. The average molecular weight is 212 g/mol. The first-order chi connectivity index (χ1) is 7.06. The van der Waals surface area contributed by atoms with E-state index in [1.54, 1.807) is 0 Å². The Morgan fingerprint density at radius 1 is 1.53 bits per heavy atom. The SMILES string of the molecule is NCC[C@H](O)c1cc([N+](=O)[O-])ccc1O. The van der Waals surface area contributed by atoms with Gasteiger partial charge in [-0.25, -0.2) is 0 Å². The molecule has 0 amide bonds. The zero-order valence-corrected chi connectivity index (χ0v) is 7.96. The van der Waals surface area contributed by atoms with Gasteiger partial charge in [0.15, 0.2) is 0 Å². The normalized spacial score (nSPS) is 12.4. The highest BCUT2D eigenvalue weighted by Gasteiger charge is 2.16. The Morgan fingerprint density at radius 3 is 2.73 bits per heavy atom. The molecule has 0 unspecified atom stereocenters. The zero-order valence-electron chi connectivity index (χ0n) is 7.96. The van der Waals surface area contributed by atoms with Crippen molar-refractivity contribution in [2.45, 2.75) is 12.5 Å². The maximum absolute atomic E-state index is 10.5. The molecule has 0 spiro atoms. The highest BCUT2D eigenvalue weighted by Crippen LogP contribution is 2.29. The van der Waals surface area contributed by atoms with E-state index in [0.29, 0.717) is 0 Å². The fraction of sp³-hybridized carbons (Fsp3) is 0.333. The molecule has 1 aromatic rings. The number of benzene rings is 1. The Balaban J connectivity index is 3.04. The highest BCUT2D eigenvalue weighted by molar-refractivity contribution is 5.44. The number of nitrogens with two attached hydrogens (primary N) is 1. The summed E-state index contributed by atoms with van der Waals surface area (Å²) in [5.41, 5.74) is 5.21. The minimum absolute atomic E-state index is 0.134. The Morgan fingerprint density at radius 2 is 2.20 bits per heavy atom. The molecule has 1 aromatic carbocycles. The van der Waals surface area contributed by atoms with E-state index in [1.807, 2.05) is 0 Å². The number of nitro groups is 1. The van der Waals surface area contributed by atoms with Crippen LogP contribution in [0.15, 0.2) is 18.2 Å². The van der Waals surface area contributed by atoms with Gasteiger partial charge in [0.1, 0.15) is 5.75 Å². The fourth-order valence-corrected chi connectivity index (χ4v) is 1.24. The van der Waals surface area contributed by atoms with E-state index < -0.39 is 11.0 Å². The van der Waals surface area contributed by atoms with Gasteiger partial charge >= 0.3 is 0 Å². The van der Waals surface area contributed by atoms with Crippen LogP contribution < -0.4 is 5.73 Å². The Kier molecular flexibility index (Phi) is 3.59. The van der Waals surface area contributed by atoms with E-state index in [0.717, 1.165) is 6.07 Å². The number of hydrogen-bond donors (Lipinski definition) is 3. The molecule has 0 bridgehead atoms. The van der Waals surface area contributed by atoms with Gasteiger partial charge in [-0.1, -0.05) is 0 Å². The summed E-state index contributed by atoms with van der Waals surface area (Å²) >= 11 is 0. The Labute approximate surface area is 86.1 Å². The number of phenolic OH excluding ortho intramolecular Hbond substituents is 1. The van der Waals surface area contributed by atoms with Crippen molar-refractivity contribution in [1.29, 1.82) is 0 Å². The van der Waals surface area contributed by atoms with Crippen LogP contribution in [-0.2, 0) is 0 Å². The van der Waals surface area contributed by atoms with E-state index in [4.69, 9.17) is 5.73 Å². The topological polar surface area (TPSA) is 110 Å². The molecule has 0 saturated carbocycles. The van der Waals surface area contributed by atoms with Gasteiger partial charge in [-0.05, 0) is 19.0 Å². The smallest absolute Gasteiger partial charge is 0.270 e. The van der Waals surface area contributed by atoms with E-state index in [9.17, 15) is 20.3 Å². The number of nitrogens with zero attached hydrogens (tertiary/aromatic N) is 1. The van der Waals surface area contributed by atoms with Crippen molar-refractivity contribution in [2.75, 3.05) is 6.54 Å². The van der Waals surface area contributed by atoms with Crippen molar-refractivity contribution in [3.63, 3.8) is 0 Å². The van der Waals surface area contributed by atoms with Gasteiger partial charge in [0.05, 0.1) is 11.0 Å². The average Bonchev–Trinajstić information content (AvgIpc) is 2.18. The molecule has 4 N–H and O–H groups in total. The van der Waals surface area contributed by atoms with Gasteiger partial charge in [0.2, 0.25) is 0 Å². The predicted molar refractivity (Wildman–Crippen MR) is 53.4 cm³/mol. The first kappa shape index (κ1) is 11.4. The number of aliphatic hydroxyl groups is 1. The molecule has 0 aliphatic rings. The third-order valence-electron chi connectivity index (χ3n) is 2.02. The molecule has 0 heterocycles. The number of phenols is 1. The van der Waals surface area contributed by atoms with Gasteiger partial charge in [0, 0.05) is 17.7 Å². The van der Waals surface area contributed by atoms with Crippen LogP contribution >= 0.6 is 0 Å². The molecule has 0 radical (unpaired) electrons. The van der Waals surface area contributed by atoms with Crippen molar-refractivity contribution < 1.29 is 15.1 Å². The molecule has 1 rings (SSSR count). The van der Waals surface area contributed by atoms with Gasteiger partial charge in [-0.15, -0.1) is 0 Å². The van der Waals surface area contributed by atoms with Crippen LogP contribution in [0.3, 0.4) is 0 Å². The maximum Gasteiger partial charge on any atom is 0.270 e. The molecule has 0 aliphatic carbocycles. The standard InChI is InChI=1S/C9H12N2O4/c10-4-3-9(13)7-5-6(11(14)15)1-2-8(7)12/h1-2,5,9,12-13H,3-4,10H2/t9-/m0/s1. The van der Waals surface area contributed by atoms with Crippen molar-refractivity contribution >= 4 is 5.69 Å². The van der Waals surface area contributed by atoms with Crippen LogP contribution in [0.5, 0.6) is 5.75 Å². The number of nitro benzene ring substituents is 1. The van der Waals surface area contributed by atoms with Crippen molar-refractivity contribution in [1.82, 2.24) is 0 Å². The van der Waals surface area contributed by atoms with E-state index in [2.05, 4.69) is 0 Å². The molecule has 0 saturated heterocycles. The van der Waals surface area contributed by atoms with Crippen LogP contribution in [0.25, 0.3) is 0 Å². The monoisotopic (exact) mass is 212 g/mol. The fourth-order valence-electron chi connectivity index (χ4n) is 1.24. The molecule has 0 aromatic heterocycles. The molecule has 6 nitrogen and oxygen atoms in total. The van der Waals surface area contributed by atoms with Gasteiger partial charge < -0.3 is 15.9 Å². The molecule has 0 fully saturated rings. The lowest BCUT2D eigenvalue weighted by Gasteiger charge is -2.10. The number of hydrogen-bond acceptors (Lipinski definition) is 5. The first-order valence-electron chi connectivity index (χ1n) is 4.41. The third-order valence-corrected chi connectivity index (χ3v) is 2.02. The highest BCUT2D eigenvalue weighted by atomic mass is 16.6. The minimum atomic E-state index is -0.977. The lowest BCUT2D eigenvalue weighted by atomic mass is 10.0. The predicted octanol–water partition coefficient (Wildman–Crippen LogP) is 0.683. The molecule has 0 aliphatic heterocycles.